The Labute approximate surface area is 123 Å². The summed E-state index contributed by atoms with van der Waals surface area (Å²) >= 11 is 0. The standard InChI is InChI=1S/C17H19NO3/c1-8-4-3-5-12(9(8)2)18-16(19)14-10-6-11-13(7-10)21-17(20)15(11)14/h3-5,10-11,13-15H,6-7H2,1-2H3,(H,18,19)/t10-,11+,13-,14-,15-/m1/s1. The Morgan fingerprint density at radius 2 is 2.10 bits per heavy atom. The molecule has 21 heavy (non-hydrogen) atoms. The molecule has 4 rings (SSSR count). The lowest BCUT2D eigenvalue weighted by Crippen LogP contribution is -2.36. The predicted molar refractivity (Wildman–Crippen MR) is 77.6 cm³/mol. The second-order valence-corrected chi connectivity index (χ2v) is 6.66. The van der Waals surface area contributed by atoms with Crippen LogP contribution in [-0.4, -0.2) is 18.0 Å². The lowest BCUT2D eigenvalue weighted by molar-refractivity contribution is -0.145. The zero-order valence-electron chi connectivity index (χ0n) is 12.3. The average molecular weight is 285 g/mol. The van der Waals surface area contributed by atoms with E-state index >= 15 is 0 Å². The molecule has 1 N–H and O–H groups in total. The molecule has 3 fully saturated rings. The van der Waals surface area contributed by atoms with E-state index in [4.69, 9.17) is 4.74 Å². The van der Waals surface area contributed by atoms with Crippen LogP contribution >= 0.6 is 0 Å². The second-order valence-electron chi connectivity index (χ2n) is 6.66. The van der Waals surface area contributed by atoms with Gasteiger partial charge < -0.3 is 10.1 Å². The van der Waals surface area contributed by atoms with E-state index in [0.29, 0.717) is 5.92 Å². The first kappa shape index (κ1) is 12.9. The molecular formula is C17H19NO3. The molecule has 5 atom stereocenters. The third kappa shape index (κ3) is 1.74. The van der Waals surface area contributed by atoms with Crippen molar-refractivity contribution in [3.63, 3.8) is 0 Å². The third-order valence-corrected chi connectivity index (χ3v) is 5.65. The van der Waals surface area contributed by atoms with Crippen LogP contribution in [-0.2, 0) is 14.3 Å². The summed E-state index contributed by atoms with van der Waals surface area (Å²) in [6, 6.07) is 5.89. The largest absolute Gasteiger partial charge is 0.462 e. The summed E-state index contributed by atoms with van der Waals surface area (Å²) in [4.78, 5) is 24.7. The first-order chi connectivity index (χ1) is 10.1. The van der Waals surface area contributed by atoms with Crippen LogP contribution in [0.3, 0.4) is 0 Å². The van der Waals surface area contributed by atoms with Crippen LogP contribution in [0.15, 0.2) is 18.2 Å². The molecule has 2 aliphatic carbocycles. The molecule has 1 aliphatic heterocycles. The van der Waals surface area contributed by atoms with Gasteiger partial charge in [-0.3, -0.25) is 9.59 Å². The molecular weight excluding hydrogens is 266 g/mol. The molecule has 2 bridgehead atoms. The molecule has 0 radical (unpaired) electrons. The van der Waals surface area contributed by atoms with E-state index in [1.54, 1.807) is 0 Å². The quantitative estimate of drug-likeness (QED) is 0.849. The average Bonchev–Trinajstić information content (AvgIpc) is 3.05. The van der Waals surface area contributed by atoms with E-state index in [-0.39, 0.29) is 35.7 Å². The minimum absolute atomic E-state index is 0.0153. The van der Waals surface area contributed by atoms with Crippen molar-refractivity contribution in [3.05, 3.63) is 29.3 Å². The molecule has 0 spiro atoms. The molecule has 0 unspecified atom stereocenters. The van der Waals surface area contributed by atoms with Gasteiger partial charge in [-0.2, -0.15) is 0 Å². The van der Waals surface area contributed by atoms with Gasteiger partial charge in [-0.05, 0) is 49.8 Å². The Bertz CT molecular complexity index is 637. The van der Waals surface area contributed by atoms with Crippen molar-refractivity contribution in [2.24, 2.45) is 23.7 Å². The van der Waals surface area contributed by atoms with Gasteiger partial charge >= 0.3 is 5.97 Å². The molecule has 110 valence electrons. The fraction of sp³-hybridized carbons (Fsp3) is 0.529. The normalized spacial score (nSPS) is 35.9. The van der Waals surface area contributed by atoms with Gasteiger partial charge in [0, 0.05) is 11.6 Å². The van der Waals surface area contributed by atoms with Gasteiger partial charge in [-0.1, -0.05) is 12.1 Å². The number of hydrogen-bond donors (Lipinski definition) is 1. The number of esters is 1. The predicted octanol–water partition coefficient (Wildman–Crippen LogP) is 2.44. The SMILES string of the molecule is Cc1cccc(NC(=O)[C@@H]2[C@@H]3C[C@@H]4[C@H]2C(=O)O[C@@H]4C3)c1C. The zero-order valence-corrected chi connectivity index (χ0v) is 12.3. The maximum Gasteiger partial charge on any atom is 0.310 e. The number of hydrogen-bond acceptors (Lipinski definition) is 3. The number of anilines is 1. The Kier molecular flexibility index (Phi) is 2.65. The number of fused-ring (bicyclic) bond motifs is 1. The van der Waals surface area contributed by atoms with Gasteiger partial charge in [-0.15, -0.1) is 0 Å². The minimum Gasteiger partial charge on any atom is -0.462 e. The molecule has 1 aromatic carbocycles. The molecule has 3 aliphatic rings. The van der Waals surface area contributed by atoms with Crippen molar-refractivity contribution in [2.75, 3.05) is 5.32 Å². The van der Waals surface area contributed by atoms with Gasteiger partial charge in [0.2, 0.25) is 5.91 Å². The van der Waals surface area contributed by atoms with E-state index in [1.165, 1.54) is 0 Å². The van der Waals surface area contributed by atoms with Gasteiger partial charge in [0.25, 0.3) is 0 Å². The summed E-state index contributed by atoms with van der Waals surface area (Å²) in [6.07, 6.45) is 1.90. The molecule has 4 nitrogen and oxygen atoms in total. The molecule has 4 heteroatoms. The summed E-state index contributed by atoms with van der Waals surface area (Å²) in [5.74, 6) is -0.0111. The number of nitrogens with one attached hydrogen (secondary N) is 1. The maximum absolute atomic E-state index is 12.7. The first-order valence-corrected chi connectivity index (χ1v) is 7.64. The highest BCUT2D eigenvalue weighted by atomic mass is 16.6. The maximum atomic E-state index is 12.7. The van der Waals surface area contributed by atoms with Crippen LogP contribution in [0.4, 0.5) is 5.69 Å². The number of carbonyl (C=O) groups is 2. The highest BCUT2D eigenvalue weighted by molar-refractivity contribution is 5.97. The first-order valence-electron chi connectivity index (χ1n) is 7.64. The van der Waals surface area contributed by atoms with Crippen LogP contribution in [0.1, 0.15) is 24.0 Å². The molecule has 0 aromatic heterocycles. The van der Waals surface area contributed by atoms with Crippen molar-refractivity contribution in [3.8, 4) is 0 Å². The Hall–Kier alpha value is -1.84. The molecule has 1 aromatic rings. The molecule has 1 heterocycles. The number of rotatable bonds is 2. The Morgan fingerprint density at radius 3 is 2.90 bits per heavy atom. The van der Waals surface area contributed by atoms with Crippen LogP contribution in [0.5, 0.6) is 0 Å². The number of amides is 1. The van der Waals surface area contributed by atoms with Gasteiger partial charge in [0.05, 0.1) is 11.8 Å². The topological polar surface area (TPSA) is 55.4 Å². The lowest BCUT2D eigenvalue weighted by Gasteiger charge is -2.24. The van der Waals surface area contributed by atoms with Crippen molar-refractivity contribution in [1.29, 1.82) is 0 Å². The highest BCUT2D eigenvalue weighted by Crippen LogP contribution is 2.57. The van der Waals surface area contributed by atoms with Crippen LogP contribution in [0.25, 0.3) is 0 Å². The van der Waals surface area contributed by atoms with E-state index in [9.17, 15) is 9.59 Å². The number of carbonyl (C=O) groups excluding carboxylic acids is 2. The summed E-state index contributed by atoms with van der Waals surface area (Å²) < 4.78 is 5.39. The van der Waals surface area contributed by atoms with E-state index in [1.807, 2.05) is 32.0 Å². The van der Waals surface area contributed by atoms with E-state index in [0.717, 1.165) is 29.7 Å². The highest BCUT2D eigenvalue weighted by Gasteiger charge is 2.63. The second kappa shape index (κ2) is 4.33. The van der Waals surface area contributed by atoms with Crippen molar-refractivity contribution in [2.45, 2.75) is 32.8 Å². The zero-order chi connectivity index (χ0) is 14.7. The van der Waals surface area contributed by atoms with Crippen molar-refractivity contribution >= 4 is 17.6 Å². The van der Waals surface area contributed by atoms with Crippen molar-refractivity contribution < 1.29 is 14.3 Å². The third-order valence-electron chi connectivity index (χ3n) is 5.65. The number of benzene rings is 1. The molecule has 1 amide bonds. The van der Waals surface area contributed by atoms with Gasteiger partial charge in [-0.25, -0.2) is 0 Å². The van der Waals surface area contributed by atoms with Crippen LogP contribution < -0.4 is 5.32 Å². The smallest absolute Gasteiger partial charge is 0.310 e. The van der Waals surface area contributed by atoms with Gasteiger partial charge in [0.1, 0.15) is 6.10 Å². The number of aryl methyl sites for hydroxylation is 1. The summed E-state index contributed by atoms with van der Waals surface area (Å²) in [7, 11) is 0. The Morgan fingerprint density at radius 1 is 1.29 bits per heavy atom. The lowest BCUT2D eigenvalue weighted by atomic mass is 9.79. The van der Waals surface area contributed by atoms with Gasteiger partial charge in [0.15, 0.2) is 0 Å². The summed E-state index contributed by atoms with van der Waals surface area (Å²) in [5.41, 5.74) is 3.09. The molecule has 1 saturated heterocycles. The fourth-order valence-electron chi connectivity index (χ4n) is 4.47. The number of ether oxygens (including phenoxy) is 1. The van der Waals surface area contributed by atoms with Crippen LogP contribution in [0, 0.1) is 37.5 Å². The minimum atomic E-state index is -0.209. The Balaban J connectivity index is 1.59. The monoisotopic (exact) mass is 285 g/mol. The van der Waals surface area contributed by atoms with E-state index in [2.05, 4.69) is 5.32 Å². The van der Waals surface area contributed by atoms with Crippen LogP contribution in [0.2, 0.25) is 0 Å². The van der Waals surface area contributed by atoms with Crippen molar-refractivity contribution in [1.82, 2.24) is 0 Å². The summed E-state index contributed by atoms with van der Waals surface area (Å²) in [5, 5.41) is 3.03. The van der Waals surface area contributed by atoms with E-state index < -0.39 is 0 Å². The fourth-order valence-corrected chi connectivity index (χ4v) is 4.47. The summed E-state index contributed by atoms with van der Waals surface area (Å²) in [6.45, 7) is 4.03. The molecule has 2 saturated carbocycles.